The van der Waals surface area contributed by atoms with Crippen LogP contribution in [0.15, 0.2) is 24.6 Å². The summed E-state index contributed by atoms with van der Waals surface area (Å²) >= 11 is 3.55. The average Bonchev–Trinajstić information content (AvgIpc) is 1.69. The number of aliphatic carboxylic acids is 1. The third-order valence-corrected chi connectivity index (χ3v) is 0.175. The minimum Gasteiger partial charge on any atom is -0.478 e. The van der Waals surface area contributed by atoms with E-state index in [2.05, 4.69) is 25.8 Å². The molecule has 0 saturated carbocycles. The molecule has 0 amide bonds. The minimum atomic E-state index is -0.981. The van der Waals surface area contributed by atoms with Crippen LogP contribution in [-0.4, -0.2) is 11.1 Å². The van der Waals surface area contributed by atoms with Crippen LogP contribution in [0.2, 0.25) is 0 Å². The zero-order valence-corrected chi connectivity index (χ0v) is 5.27. The number of thiol groups is 1. The highest BCUT2D eigenvalue weighted by Crippen LogP contribution is 1.58. The van der Waals surface area contributed by atoms with Crippen LogP contribution in [0.5, 0.6) is 0 Å². The van der Waals surface area contributed by atoms with Gasteiger partial charge in [-0.3, -0.25) is 0 Å². The highest BCUT2D eigenvalue weighted by atomic mass is 32.1. The van der Waals surface area contributed by atoms with E-state index < -0.39 is 5.97 Å². The molecule has 0 aliphatic heterocycles. The lowest BCUT2D eigenvalue weighted by Gasteiger charge is -1.64. The predicted octanol–water partition coefficient (Wildman–Crippen LogP) is 1.32. The third-order valence-electron chi connectivity index (χ3n) is 0.175. The molecule has 0 saturated heterocycles. The standard InChI is InChI=1S/C3H4O2.C2H4S/c1-2-3(4)5;1-2-3/h2H,1H2,(H,4,5);2-3H,1H2. The normalized spacial score (nSPS) is 5.62. The second kappa shape index (κ2) is 9.57. The maximum atomic E-state index is 9.25. The van der Waals surface area contributed by atoms with Gasteiger partial charge in [0.05, 0.1) is 0 Å². The van der Waals surface area contributed by atoms with Crippen molar-refractivity contribution in [2.75, 3.05) is 0 Å². The monoisotopic (exact) mass is 132 g/mol. The van der Waals surface area contributed by atoms with E-state index in [-0.39, 0.29) is 0 Å². The minimum absolute atomic E-state index is 0.833. The Morgan fingerprint density at radius 2 is 1.75 bits per heavy atom. The second-order valence-corrected chi connectivity index (χ2v) is 1.09. The summed E-state index contributed by atoms with van der Waals surface area (Å²) in [5.41, 5.74) is 0. The fourth-order valence-corrected chi connectivity index (χ4v) is 0. The highest BCUT2D eigenvalue weighted by Gasteiger charge is 1.73. The van der Waals surface area contributed by atoms with Crippen LogP contribution in [0.1, 0.15) is 0 Å². The summed E-state index contributed by atoms with van der Waals surface area (Å²) in [7, 11) is 0. The first-order chi connectivity index (χ1) is 3.68. The molecule has 2 nitrogen and oxygen atoms in total. The fourth-order valence-electron chi connectivity index (χ4n) is 0. The predicted molar refractivity (Wildman–Crippen MR) is 37.0 cm³/mol. The van der Waals surface area contributed by atoms with E-state index in [4.69, 9.17) is 5.11 Å². The second-order valence-electron chi connectivity index (χ2n) is 0.725. The molecule has 0 aliphatic rings. The number of rotatable bonds is 1. The smallest absolute Gasteiger partial charge is 0.327 e. The molecule has 3 heteroatoms. The quantitative estimate of drug-likeness (QED) is 0.417. The Morgan fingerprint density at radius 3 is 1.75 bits per heavy atom. The molecule has 0 radical (unpaired) electrons. The van der Waals surface area contributed by atoms with Crippen LogP contribution < -0.4 is 0 Å². The van der Waals surface area contributed by atoms with E-state index in [1.54, 1.807) is 0 Å². The number of hydrogen-bond acceptors (Lipinski definition) is 2. The Kier molecular flexibility index (Phi) is 12.3. The Labute approximate surface area is 53.9 Å². The molecule has 0 atom stereocenters. The lowest BCUT2D eigenvalue weighted by molar-refractivity contribution is -0.131. The van der Waals surface area contributed by atoms with Crippen molar-refractivity contribution in [2.45, 2.75) is 0 Å². The Balaban J connectivity index is 0. The summed E-state index contributed by atoms with van der Waals surface area (Å²) in [6.45, 7) is 6.19. The Bertz CT molecular complexity index is 88.4. The van der Waals surface area contributed by atoms with E-state index in [0.29, 0.717) is 0 Å². The lowest BCUT2D eigenvalue weighted by atomic mass is 10.7. The zero-order chi connectivity index (χ0) is 6.99. The van der Waals surface area contributed by atoms with E-state index >= 15 is 0 Å². The largest absolute Gasteiger partial charge is 0.478 e. The number of carboxylic acids is 1. The molecule has 0 aliphatic carbocycles. The molecule has 0 fully saturated rings. The number of carbonyl (C=O) groups is 1. The van der Waals surface area contributed by atoms with Crippen molar-refractivity contribution < 1.29 is 9.90 Å². The summed E-state index contributed by atoms with van der Waals surface area (Å²) in [5.74, 6) is -0.981. The average molecular weight is 132 g/mol. The van der Waals surface area contributed by atoms with Crippen molar-refractivity contribution in [3.8, 4) is 0 Å². The molecule has 0 aromatic heterocycles. The molecule has 0 unspecified atom stereocenters. The Hall–Kier alpha value is -0.700. The van der Waals surface area contributed by atoms with Gasteiger partial charge < -0.3 is 5.11 Å². The van der Waals surface area contributed by atoms with Gasteiger partial charge in [-0.1, -0.05) is 13.2 Å². The maximum absolute atomic E-state index is 9.25. The van der Waals surface area contributed by atoms with Gasteiger partial charge in [0.2, 0.25) is 0 Å². The summed E-state index contributed by atoms with van der Waals surface area (Å²) in [6, 6.07) is 0. The van der Waals surface area contributed by atoms with Gasteiger partial charge in [-0.25, -0.2) is 4.79 Å². The molecule has 0 bridgehead atoms. The topological polar surface area (TPSA) is 37.3 Å². The van der Waals surface area contributed by atoms with Crippen LogP contribution in [0.25, 0.3) is 0 Å². The molecule has 46 valence electrons. The molecule has 0 rings (SSSR count). The van der Waals surface area contributed by atoms with Crippen molar-refractivity contribution in [3.63, 3.8) is 0 Å². The fraction of sp³-hybridized carbons (Fsp3) is 0. The maximum Gasteiger partial charge on any atom is 0.327 e. The van der Waals surface area contributed by atoms with Crippen LogP contribution in [0.4, 0.5) is 0 Å². The first-order valence-electron chi connectivity index (χ1n) is 1.79. The summed E-state index contributed by atoms with van der Waals surface area (Å²) in [6.07, 6.45) is 0.833. The molecule has 0 aromatic rings. The van der Waals surface area contributed by atoms with Crippen molar-refractivity contribution in [1.29, 1.82) is 0 Å². The van der Waals surface area contributed by atoms with Gasteiger partial charge in [-0.2, -0.15) is 12.6 Å². The van der Waals surface area contributed by atoms with Crippen LogP contribution in [-0.2, 0) is 4.79 Å². The van der Waals surface area contributed by atoms with E-state index in [1.807, 2.05) is 0 Å². The van der Waals surface area contributed by atoms with Gasteiger partial charge in [-0.05, 0) is 5.41 Å². The van der Waals surface area contributed by atoms with Gasteiger partial charge in [0.15, 0.2) is 0 Å². The van der Waals surface area contributed by atoms with Crippen molar-refractivity contribution in [2.24, 2.45) is 0 Å². The number of carboxylic acid groups (broad SMARTS) is 1. The van der Waals surface area contributed by atoms with Crippen LogP contribution >= 0.6 is 12.6 Å². The molecule has 1 N–H and O–H groups in total. The zero-order valence-electron chi connectivity index (χ0n) is 4.37. The van der Waals surface area contributed by atoms with E-state index in [0.717, 1.165) is 6.08 Å². The van der Waals surface area contributed by atoms with Gasteiger partial charge in [0, 0.05) is 6.08 Å². The Morgan fingerprint density at radius 1 is 1.62 bits per heavy atom. The van der Waals surface area contributed by atoms with Crippen molar-refractivity contribution in [3.05, 3.63) is 24.6 Å². The van der Waals surface area contributed by atoms with Crippen molar-refractivity contribution >= 4 is 18.6 Å². The third kappa shape index (κ3) is 58.0. The SMILES string of the molecule is C=CC(=O)O.C=CS. The van der Waals surface area contributed by atoms with Gasteiger partial charge in [0.25, 0.3) is 0 Å². The molecular weight excluding hydrogens is 124 g/mol. The first-order valence-corrected chi connectivity index (χ1v) is 2.31. The van der Waals surface area contributed by atoms with E-state index in [1.165, 1.54) is 5.41 Å². The molecule has 0 aromatic carbocycles. The summed E-state index contributed by atoms with van der Waals surface area (Å²) in [5, 5.41) is 9.05. The van der Waals surface area contributed by atoms with Gasteiger partial charge in [0.1, 0.15) is 0 Å². The lowest BCUT2D eigenvalue weighted by Crippen LogP contribution is -1.82. The molecule has 8 heavy (non-hydrogen) atoms. The summed E-state index contributed by atoms with van der Waals surface area (Å²) < 4.78 is 0. The van der Waals surface area contributed by atoms with Crippen LogP contribution in [0.3, 0.4) is 0 Å². The molecule has 0 heterocycles. The van der Waals surface area contributed by atoms with Gasteiger partial charge in [-0.15, -0.1) is 0 Å². The number of hydrogen-bond donors (Lipinski definition) is 2. The van der Waals surface area contributed by atoms with Crippen LogP contribution in [0, 0.1) is 0 Å². The van der Waals surface area contributed by atoms with Crippen molar-refractivity contribution in [1.82, 2.24) is 0 Å². The first kappa shape index (κ1) is 10.3. The molecule has 0 spiro atoms. The summed E-state index contributed by atoms with van der Waals surface area (Å²) in [4.78, 5) is 9.25. The van der Waals surface area contributed by atoms with Gasteiger partial charge >= 0.3 is 5.97 Å². The molecular formula is C5H8O2S. The highest BCUT2D eigenvalue weighted by molar-refractivity contribution is 7.83. The van der Waals surface area contributed by atoms with E-state index in [9.17, 15) is 4.79 Å².